The number of methoxy groups -OCH3 is 1. The van der Waals surface area contributed by atoms with Gasteiger partial charge in [0.25, 0.3) is 0 Å². The van der Waals surface area contributed by atoms with Crippen LogP contribution in [0.2, 0.25) is 0 Å². The summed E-state index contributed by atoms with van der Waals surface area (Å²) in [6, 6.07) is 8.29. The Bertz CT molecular complexity index is 584. The summed E-state index contributed by atoms with van der Waals surface area (Å²) in [5.41, 5.74) is 5.03. The Morgan fingerprint density at radius 1 is 1.39 bits per heavy atom. The lowest BCUT2D eigenvalue weighted by Gasteiger charge is -2.12. The molecule has 0 spiro atoms. The van der Waals surface area contributed by atoms with Gasteiger partial charge >= 0.3 is 0 Å². The minimum absolute atomic E-state index is 0.337. The second-order valence-corrected chi connectivity index (χ2v) is 4.85. The highest BCUT2D eigenvalue weighted by atomic mass is 16.5. The van der Waals surface area contributed by atoms with Crippen LogP contribution in [-0.2, 0) is 13.0 Å². The maximum Gasteiger partial charge on any atom is 0.123 e. The van der Waals surface area contributed by atoms with Crippen LogP contribution in [0.25, 0.3) is 11.3 Å². The van der Waals surface area contributed by atoms with Gasteiger partial charge < -0.3 is 14.4 Å². The predicted molar refractivity (Wildman–Crippen MR) is 70.9 cm³/mol. The van der Waals surface area contributed by atoms with Gasteiger partial charge in [-0.2, -0.15) is 0 Å². The molecule has 0 aliphatic heterocycles. The third-order valence-corrected chi connectivity index (χ3v) is 3.48. The molecule has 1 aliphatic carbocycles. The van der Waals surface area contributed by atoms with Gasteiger partial charge in [-0.3, -0.25) is 0 Å². The number of aliphatic hydroxyl groups excluding tert-OH is 1. The van der Waals surface area contributed by atoms with Crippen LogP contribution < -0.4 is 4.74 Å². The van der Waals surface area contributed by atoms with Crippen LogP contribution in [0.3, 0.4) is 0 Å². The van der Waals surface area contributed by atoms with Crippen molar-refractivity contribution in [3.8, 4) is 17.0 Å². The first-order valence-electron chi connectivity index (χ1n) is 6.23. The van der Waals surface area contributed by atoms with E-state index in [0.717, 1.165) is 12.2 Å². The fourth-order valence-corrected chi connectivity index (χ4v) is 2.78. The van der Waals surface area contributed by atoms with Gasteiger partial charge in [-0.05, 0) is 24.6 Å². The summed E-state index contributed by atoms with van der Waals surface area (Å²) in [6.45, 7) is 2.44. The Balaban J connectivity index is 2.11. The molecule has 0 radical (unpaired) electrons. The number of aliphatic hydroxyl groups is 1. The molecule has 3 heteroatoms. The van der Waals surface area contributed by atoms with Crippen molar-refractivity contribution in [3.05, 3.63) is 41.6 Å². The molecule has 1 unspecified atom stereocenters. The molecule has 1 N–H and O–H groups in total. The van der Waals surface area contributed by atoms with Crippen molar-refractivity contribution in [1.82, 2.24) is 4.57 Å². The molecule has 1 heterocycles. The van der Waals surface area contributed by atoms with Crippen molar-refractivity contribution >= 4 is 0 Å². The summed E-state index contributed by atoms with van der Waals surface area (Å²) in [6.07, 6.45) is 2.64. The molecule has 94 valence electrons. The number of fused-ring (bicyclic) bond motifs is 3. The standard InChI is InChI=1S/C15H17NO2/c1-10(17)9-16-7-6-11-8-13-12(15(11)16)4-3-5-14(13)18-2/h3-7,10,17H,8-9H2,1-2H3. The number of ether oxygens (including phenoxy) is 1. The second-order valence-electron chi connectivity index (χ2n) is 4.85. The van der Waals surface area contributed by atoms with E-state index < -0.39 is 0 Å². The minimum Gasteiger partial charge on any atom is -0.496 e. The molecular formula is C15H17NO2. The Kier molecular flexibility index (Phi) is 2.63. The molecule has 1 aliphatic rings. The van der Waals surface area contributed by atoms with Crippen LogP contribution in [0, 0.1) is 0 Å². The van der Waals surface area contributed by atoms with Gasteiger partial charge in [0.1, 0.15) is 5.75 Å². The zero-order valence-electron chi connectivity index (χ0n) is 10.7. The fourth-order valence-electron chi connectivity index (χ4n) is 2.78. The van der Waals surface area contributed by atoms with Gasteiger partial charge in [0, 0.05) is 30.3 Å². The predicted octanol–water partition coefficient (Wildman–Crippen LogP) is 2.45. The van der Waals surface area contributed by atoms with E-state index in [1.807, 2.05) is 19.1 Å². The maximum absolute atomic E-state index is 9.56. The highest BCUT2D eigenvalue weighted by Crippen LogP contribution is 2.41. The summed E-state index contributed by atoms with van der Waals surface area (Å²) in [5.74, 6) is 0.951. The molecule has 18 heavy (non-hydrogen) atoms. The van der Waals surface area contributed by atoms with Crippen molar-refractivity contribution < 1.29 is 9.84 Å². The number of hydrogen-bond acceptors (Lipinski definition) is 2. The minimum atomic E-state index is -0.337. The monoisotopic (exact) mass is 243 g/mol. The third kappa shape index (κ3) is 1.63. The number of aromatic nitrogens is 1. The van der Waals surface area contributed by atoms with E-state index in [0.29, 0.717) is 6.54 Å². The smallest absolute Gasteiger partial charge is 0.123 e. The molecule has 2 aromatic rings. The number of hydrogen-bond donors (Lipinski definition) is 1. The molecule has 1 atom stereocenters. The molecule has 3 nitrogen and oxygen atoms in total. The van der Waals surface area contributed by atoms with Crippen LogP contribution in [0.4, 0.5) is 0 Å². The third-order valence-electron chi connectivity index (χ3n) is 3.48. The summed E-state index contributed by atoms with van der Waals surface area (Å²) in [4.78, 5) is 0. The maximum atomic E-state index is 9.56. The van der Waals surface area contributed by atoms with Crippen LogP contribution in [0.5, 0.6) is 5.75 Å². The van der Waals surface area contributed by atoms with Crippen molar-refractivity contribution in [3.63, 3.8) is 0 Å². The summed E-state index contributed by atoms with van der Waals surface area (Å²) in [5, 5.41) is 9.56. The topological polar surface area (TPSA) is 34.4 Å². The molecule has 0 bridgehead atoms. The zero-order valence-corrected chi connectivity index (χ0v) is 10.7. The first-order valence-corrected chi connectivity index (χ1v) is 6.23. The molecule has 3 rings (SSSR count). The van der Waals surface area contributed by atoms with Crippen LogP contribution >= 0.6 is 0 Å². The van der Waals surface area contributed by atoms with E-state index in [4.69, 9.17) is 4.74 Å². The van der Waals surface area contributed by atoms with Crippen LogP contribution in [0.1, 0.15) is 18.1 Å². The van der Waals surface area contributed by atoms with Gasteiger partial charge in [0.2, 0.25) is 0 Å². The normalized spacial score (nSPS) is 14.2. The van der Waals surface area contributed by atoms with E-state index in [9.17, 15) is 5.11 Å². The number of rotatable bonds is 3. The second kappa shape index (κ2) is 4.18. The van der Waals surface area contributed by atoms with Gasteiger partial charge in [-0.1, -0.05) is 12.1 Å². The van der Waals surface area contributed by atoms with Gasteiger partial charge in [0.05, 0.1) is 18.9 Å². The molecular weight excluding hydrogens is 226 g/mol. The SMILES string of the molecule is COc1cccc2c1Cc1ccn(CC(C)O)c1-2. The highest BCUT2D eigenvalue weighted by molar-refractivity contribution is 5.77. The highest BCUT2D eigenvalue weighted by Gasteiger charge is 2.24. The van der Waals surface area contributed by atoms with E-state index in [1.54, 1.807) is 7.11 Å². The number of benzene rings is 1. The fraction of sp³-hybridized carbons (Fsp3) is 0.333. The van der Waals surface area contributed by atoms with Crippen molar-refractivity contribution in [2.45, 2.75) is 26.0 Å². The molecule has 0 amide bonds. The average molecular weight is 243 g/mol. The largest absolute Gasteiger partial charge is 0.496 e. The molecule has 0 fully saturated rings. The molecule has 0 saturated heterocycles. The molecule has 0 saturated carbocycles. The number of nitrogens with zero attached hydrogens (tertiary/aromatic N) is 1. The Morgan fingerprint density at radius 3 is 2.94 bits per heavy atom. The summed E-state index contributed by atoms with van der Waals surface area (Å²) >= 11 is 0. The summed E-state index contributed by atoms with van der Waals surface area (Å²) in [7, 11) is 1.71. The Hall–Kier alpha value is -1.74. The van der Waals surface area contributed by atoms with E-state index in [-0.39, 0.29) is 6.10 Å². The van der Waals surface area contributed by atoms with Gasteiger partial charge in [0.15, 0.2) is 0 Å². The van der Waals surface area contributed by atoms with Crippen molar-refractivity contribution in [2.75, 3.05) is 7.11 Å². The first kappa shape index (κ1) is 11.4. The Morgan fingerprint density at radius 2 is 2.22 bits per heavy atom. The van der Waals surface area contributed by atoms with Crippen molar-refractivity contribution in [1.29, 1.82) is 0 Å². The summed E-state index contributed by atoms with van der Waals surface area (Å²) < 4.78 is 7.55. The average Bonchev–Trinajstić information content (AvgIpc) is 2.88. The lowest BCUT2D eigenvalue weighted by molar-refractivity contribution is 0.174. The van der Waals surface area contributed by atoms with E-state index in [1.165, 1.54) is 22.4 Å². The molecule has 1 aromatic heterocycles. The Labute approximate surface area is 107 Å². The van der Waals surface area contributed by atoms with Crippen LogP contribution in [-0.4, -0.2) is 22.9 Å². The van der Waals surface area contributed by atoms with Gasteiger partial charge in [-0.15, -0.1) is 0 Å². The van der Waals surface area contributed by atoms with E-state index >= 15 is 0 Å². The van der Waals surface area contributed by atoms with Crippen molar-refractivity contribution in [2.24, 2.45) is 0 Å². The molecule has 1 aromatic carbocycles. The lowest BCUT2D eigenvalue weighted by Crippen LogP contribution is -2.11. The zero-order chi connectivity index (χ0) is 12.7. The van der Waals surface area contributed by atoms with E-state index in [2.05, 4.69) is 22.9 Å². The quantitative estimate of drug-likeness (QED) is 0.766. The lowest BCUT2D eigenvalue weighted by atomic mass is 10.1. The van der Waals surface area contributed by atoms with Crippen LogP contribution in [0.15, 0.2) is 30.5 Å². The first-order chi connectivity index (χ1) is 8.70. The van der Waals surface area contributed by atoms with Gasteiger partial charge in [-0.25, -0.2) is 0 Å².